The van der Waals surface area contributed by atoms with E-state index in [4.69, 9.17) is 10.5 Å². The van der Waals surface area contributed by atoms with Gasteiger partial charge in [-0.05, 0) is 43.5 Å². The number of pyridine rings is 1. The Morgan fingerprint density at radius 3 is 2.64 bits per heavy atom. The summed E-state index contributed by atoms with van der Waals surface area (Å²) in [7, 11) is 0. The quantitative estimate of drug-likeness (QED) is 0.826. The lowest BCUT2D eigenvalue weighted by Crippen LogP contribution is -2.40. The predicted molar refractivity (Wildman–Crippen MR) is 103 cm³/mol. The number of para-hydroxylation sites is 1. The zero-order chi connectivity index (χ0) is 16.1. The highest BCUT2D eigenvalue weighted by molar-refractivity contribution is 5.92. The van der Waals surface area contributed by atoms with Gasteiger partial charge in [0, 0.05) is 18.3 Å². The Morgan fingerprint density at radius 2 is 1.92 bits per heavy atom. The minimum Gasteiger partial charge on any atom is -0.457 e. The zero-order valence-electron chi connectivity index (χ0n) is 13.8. The van der Waals surface area contributed by atoms with Crippen LogP contribution in [0.3, 0.4) is 0 Å². The Labute approximate surface area is 160 Å². The molecule has 0 radical (unpaired) electrons. The number of nitrogens with zero attached hydrogens (tertiary/aromatic N) is 1. The van der Waals surface area contributed by atoms with Crippen LogP contribution in [0.5, 0.6) is 11.5 Å². The molecule has 136 valence electrons. The maximum Gasteiger partial charge on any atom is 0.270 e. The molecule has 0 aliphatic heterocycles. The second-order valence-electron chi connectivity index (χ2n) is 5.80. The van der Waals surface area contributed by atoms with Gasteiger partial charge in [0.2, 0.25) is 0 Å². The summed E-state index contributed by atoms with van der Waals surface area (Å²) in [6, 6.07) is 13.0. The number of amides is 1. The molecule has 2 atom stereocenters. The van der Waals surface area contributed by atoms with Crippen molar-refractivity contribution in [2.45, 2.75) is 25.3 Å². The summed E-state index contributed by atoms with van der Waals surface area (Å²) in [6.45, 7) is 0.607. The first kappa shape index (κ1) is 21.2. The molecule has 1 aromatic carbocycles. The van der Waals surface area contributed by atoms with Crippen molar-refractivity contribution in [3.05, 3.63) is 54.4 Å². The largest absolute Gasteiger partial charge is 0.457 e. The molecule has 0 saturated heterocycles. The molecular weight excluding hydrogens is 361 g/mol. The summed E-state index contributed by atoms with van der Waals surface area (Å²) >= 11 is 0. The van der Waals surface area contributed by atoms with Gasteiger partial charge in [-0.25, -0.2) is 0 Å². The van der Waals surface area contributed by atoms with Gasteiger partial charge in [0.05, 0.1) is 0 Å². The van der Waals surface area contributed by atoms with Crippen molar-refractivity contribution >= 4 is 30.7 Å². The number of ether oxygens (including phenoxy) is 1. The Hall–Kier alpha value is -1.82. The molecule has 1 fully saturated rings. The van der Waals surface area contributed by atoms with E-state index in [1.54, 1.807) is 18.3 Å². The molecule has 1 aromatic heterocycles. The highest BCUT2D eigenvalue weighted by Gasteiger charge is 2.27. The first-order valence-corrected chi connectivity index (χ1v) is 7.96. The van der Waals surface area contributed by atoms with E-state index in [0.717, 1.165) is 25.0 Å². The Bertz CT molecular complexity index is 670. The third-order valence-electron chi connectivity index (χ3n) is 4.22. The van der Waals surface area contributed by atoms with E-state index in [-0.39, 0.29) is 36.8 Å². The third kappa shape index (κ3) is 5.59. The molecule has 1 saturated carbocycles. The van der Waals surface area contributed by atoms with Crippen LogP contribution in [0.2, 0.25) is 0 Å². The predicted octanol–water partition coefficient (Wildman–Crippen LogP) is 3.57. The summed E-state index contributed by atoms with van der Waals surface area (Å²) in [4.78, 5) is 16.5. The highest BCUT2D eigenvalue weighted by atomic mass is 35.5. The Morgan fingerprint density at radius 1 is 1.16 bits per heavy atom. The molecule has 1 amide bonds. The lowest BCUT2D eigenvalue weighted by molar-refractivity contribution is 0.0923. The first-order chi connectivity index (χ1) is 11.3. The van der Waals surface area contributed by atoms with Gasteiger partial charge in [-0.3, -0.25) is 9.78 Å². The Kier molecular flexibility index (Phi) is 8.69. The summed E-state index contributed by atoms with van der Waals surface area (Å²) in [5, 5.41) is 3.05. The van der Waals surface area contributed by atoms with E-state index in [1.807, 2.05) is 30.3 Å². The first-order valence-electron chi connectivity index (χ1n) is 7.96. The molecule has 2 aromatic rings. The number of benzene rings is 1. The summed E-state index contributed by atoms with van der Waals surface area (Å²) in [5.41, 5.74) is 6.12. The number of aromatic nitrogens is 1. The fourth-order valence-electron chi connectivity index (χ4n) is 2.97. The average molecular weight is 384 g/mol. The maximum absolute atomic E-state index is 12.4. The van der Waals surface area contributed by atoms with Gasteiger partial charge >= 0.3 is 0 Å². The molecule has 1 aliphatic carbocycles. The number of nitrogens with two attached hydrogens (primary N) is 1. The molecule has 7 heteroatoms. The average Bonchev–Trinajstić information content (AvgIpc) is 3.03. The minimum absolute atomic E-state index is 0. The number of rotatable bonds is 5. The van der Waals surface area contributed by atoms with Gasteiger partial charge < -0.3 is 15.8 Å². The van der Waals surface area contributed by atoms with E-state index in [9.17, 15) is 4.79 Å². The molecule has 1 heterocycles. The van der Waals surface area contributed by atoms with Crippen LogP contribution in [0.4, 0.5) is 0 Å². The maximum atomic E-state index is 12.4. The Balaban J connectivity index is 0.00000156. The van der Waals surface area contributed by atoms with Crippen LogP contribution in [0.1, 0.15) is 29.8 Å². The van der Waals surface area contributed by atoms with Crippen LogP contribution < -0.4 is 15.8 Å². The molecule has 25 heavy (non-hydrogen) atoms. The van der Waals surface area contributed by atoms with Gasteiger partial charge in [-0.1, -0.05) is 24.6 Å². The normalized spacial score (nSPS) is 18.6. The second kappa shape index (κ2) is 10.2. The molecule has 1 aliphatic rings. The van der Waals surface area contributed by atoms with Crippen LogP contribution in [0.25, 0.3) is 0 Å². The van der Waals surface area contributed by atoms with Gasteiger partial charge in [-0.2, -0.15) is 0 Å². The molecule has 3 N–H and O–H groups in total. The lowest BCUT2D eigenvalue weighted by atomic mass is 10.0. The summed E-state index contributed by atoms with van der Waals surface area (Å²) in [5.74, 6) is 1.51. The molecule has 5 nitrogen and oxygen atoms in total. The van der Waals surface area contributed by atoms with Crippen LogP contribution in [-0.4, -0.2) is 23.5 Å². The number of carbonyl (C=O) groups is 1. The number of hydrogen-bond donors (Lipinski definition) is 2. The second-order valence-corrected chi connectivity index (χ2v) is 5.80. The zero-order valence-corrected chi connectivity index (χ0v) is 15.4. The molecular formula is C18H23Cl2N3O2. The van der Waals surface area contributed by atoms with Crippen molar-refractivity contribution in [1.29, 1.82) is 0 Å². The summed E-state index contributed by atoms with van der Waals surface area (Å²) < 4.78 is 5.74. The van der Waals surface area contributed by atoms with Gasteiger partial charge in [0.25, 0.3) is 5.91 Å². The molecule has 0 bridgehead atoms. The van der Waals surface area contributed by atoms with E-state index in [0.29, 0.717) is 23.9 Å². The topological polar surface area (TPSA) is 77.2 Å². The number of halogens is 2. The van der Waals surface area contributed by atoms with Gasteiger partial charge in [-0.15, -0.1) is 24.8 Å². The molecule has 3 rings (SSSR count). The van der Waals surface area contributed by atoms with Crippen LogP contribution in [-0.2, 0) is 0 Å². The number of nitrogens with one attached hydrogen (secondary N) is 1. The standard InChI is InChI=1S/C18H21N3O2.2ClH/c19-12-13-5-4-8-16(13)21-18(22)17-11-15(9-10-20-17)23-14-6-2-1-3-7-14;;/h1-3,6-7,9-11,13,16H,4-5,8,12,19H2,(H,21,22);2*1H. The number of carbonyl (C=O) groups excluding carboxylic acids is 1. The monoisotopic (exact) mass is 383 g/mol. The smallest absolute Gasteiger partial charge is 0.270 e. The van der Waals surface area contributed by atoms with Crippen LogP contribution >= 0.6 is 24.8 Å². The van der Waals surface area contributed by atoms with Crippen molar-refractivity contribution in [2.24, 2.45) is 11.7 Å². The van der Waals surface area contributed by atoms with Crippen molar-refractivity contribution in [3.8, 4) is 11.5 Å². The van der Waals surface area contributed by atoms with E-state index in [2.05, 4.69) is 10.3 Å². The van der Waals surface area contributed by atoms with Crippen molar-refractivity contribution in [1.82, 2.24) is 10.3 Å². The highest BCUT2D eigenvalue weighted by Crippen LogP contribution is 2.25. The van der Waals surface area contributed by atoms with Crippen LogP contribution in [0.15, 0.2) is 48.7 Å². The SMILES string of the molecule is Cl.Cl.NCC1CCCC1NC(=O)c1cc(Oc2ccccc2)ccn1. The van der Waals surface area contributed by atoms with Crippen molar-refractivity contribution < 1.29 is 9.53 Å². The fourth-order valence-corrected chi connectivity index (χ4v) is 2.97. The van der Waals surface area contributed by atoms with Crippen LogP contribution in [0, 0.1) is 5.92 Å². The minimum atomic E-state index is -0.172. The van der Waals surface area contributed by atoms with E-state index in [1.165, 1.54) is 0 Å². The van der Waals surface area contributed by atoms with Crippen molar-refractivity contribution in [3.63, 3.8) is 0 Å². The van der Waals surface area contributed by atoms with E-state index < -0.39 is 0 Å². The van der Waals surface area contributed by atoms with Gasteiger partial charge in [0.15, 0.2) is 0 Å². The van der Waals surface area contributed by atoms with Crippen molar-refractivity contribution in [2.75, 3.05) is 6.54 Å². The molecule has 0 spiro atoms. The van der Waals surface area contributed by atoms with E-state index >= 15 is 0 Å². The fraction of sp³-hybridized carbons (Fsp3) is 0.333. The third-order valence-corrected chi connectivity index (χ3v) is 4.22. The lowest BCUT2D eigenvalue weighted by Gasteiger charge is -2.19. The summed E-state index contributed by atoms with van der Waals surface area (Å²) in [6.07, 6.45) is 4.75. The van der Waals surface area contributed by atoms with Gasteiger partial charge in [0.1, 0.15) is 17.2 Å². The molecule has 2 unspecified atom stereocenters. The number of hydrogen-bond acceptors (Lipinski definition) is 4.